The number of nitrogens with two attached hydrogens (primary N) is 2. The third-order valence-corrected chi connectivity index (χ3v) is 3.67. The number of aliphatic hydroxyl groups excluding tert-OH is 1. The Bertz CT molecular complexity index is 326. The molecule has 1 unspecified atom stereocenters. The molecule has 136 valence electrons. The number of carbonyl (C=O) groups is 2. The van der Waals surface area contributed by atoms with Crippen LogP contribution in [0.4, 0.5) is 0 Å². The highest BCUT2D eigenvalue weighted by Crippen LogP contribution is 2.08. The van der Waals surface area contributed by atoms with E-state index in [1.807, 2.05) is 0 Å². The van der Waals surface area contributed by atoms with Crippen LogP contribution in [0.1, 0.15) is 58.3 Å². The van der Waals surface area contributed by atoms with E-state index in [0.29, 0.717) is 25.9 Å². The van der Waals surface area contributed by atoms with Crippen LogP contribution in [0.2, 0.25) is 0 Å². The van der Waals surface area contributed by atoms with Crippen LogP contribution in [-0.2, 0) is 9.59 Å². The van der Waals surface area contributed by atoms with Crippen LogP contribution >= 0.6 is 0 Å². The number of hydrogen-bond donors (Lipinski definition) is 4. The molecule has 7 nitrogen and oxygen atoms in total. The van der Waals surface area contributed by atoms with Crippen LogP contribution in [0.25, 0.3) is 0 Å². The number of primary amides is 1. The molecule has 2 amide bonds. The van der Waals surface area contributed by atoms with Gasteiger partial charge in [0.2, 0.25) is 12.1 Å². The van der Waals surface area contributed by atoms with Crippen molar-refractivity contribution in [3.8, 4) is 0 Å². The second-order valence-electron chi connectivity index (χ2n) is 5.77. The molecule has 0 bridgehead atoms. The number of amides is 2. The normalized spacial score (nSPS) is 12.1. The second kappa shape index (κ2) is 14.4. The van der Waals surface area contributed by atoms with Gasteiger partial charge in [-0.15, -0.1) is 0 Å². The molecule has 0 aromatic heterocycles. The maximum Gasteiger partial charge on any atom is 0.267 e. The first-order chi connectivity index (χ1) is 11.0. The lowest BCUT2D eigenvalue weighted by Crippen LogP contribution is -2.48. The molecule has 0 radical (unpaired) electrons. The van der Waals surface area contributed by atoms with Crippen LogP contribution in [0.3, 0.4) is 0 Å². The highest BCUT2D eigenvalue weighted by atomic mass is 16.3. The third kappa shape index (κ3) is 11.1. The Morgan fingerprint density at radius 1 is 1.09 bits per heavy atom. The van der Waals surface area contributed by atoms with E-state index >= 15 is 0 Å². The van der Waals surface area contributed by atoms with E-state index in [0.717, 1.165) is 51.6 Å². The Labute approximate surface area is 139 Å². The quantitative estimate of drug-likeness (QED) is 0.254. The smallest absolute Gasteiger partial charge is 0.267 e. The Balaban J connectivity index is 4.14. The Hall–Kier alpha value is -1.18. The summed E-state index contributed by atoms with van der Waals surface area (Å²) >= 11 is 0. The average molecular weight is 330 g/mol. The van der Waals surface area contributed by atoms with Crippen molar-refractivity contribution < 1.29 is 14.7 Å². The molecule has 0 aliphatic rings. The van der Waals surface area contributed by atoms with Gasteiger partial charge in [0.05, 0.1) is 0 Å². The fraction of sp³-hybridized carbons (Fsp3) is 0.875. The van der Waals surface area contributed by atoms with Gasteiger partial charge in [-0.25, -0.2) is 0 Å². The largest absolute Gasteiger partial charge is 0.366 e. The molecule has 0 spiro atoms. The summed E-state index contributed by atoms with van der Waals surface area (Å²) in [5.74, 6) is -1.09. The zero-order valence-corrected chi connectivity index (χ0v) is 14.4. The van der Waals surface area contributed by atoms with Gasteiger partial charge in [-0.05, 0) is 45.3 Å². The second-order valence-corrected chi connectivity index (χ2v) is 5.77. The highest BCUT2D eigenvalue weighted by Gasteiger charge is 2.24. The van der Waals surface area contributed by atoms with E-state index in [4.69, 9.17) is 11.5 Å². The lowest BCUT2D eigenvalue weighted by atomic mass is 10.1. The summed E-state index contributed by atoms with van der Waals surface area (Å²) in [4.78, 5) is 24.6. The fourth-order valence-electron chi connectivity index (χ4n) is 2.27. The van der Waals surface area contributed by atoms with Crippen molar-refractivity contribution in [2.45, 2.75) is 64.5 Å². The molecule has 0 saturated carbocycles. The van der Waals surface area contributed by atoms with Gasteiger partial charge in [0.15, 0.2) is 0 Å². The standard InChI is InChI=1S/C16H34N4O3/c1-2-3-4-5-9-14(21)20(16(23)15(18)22)13-7-6-11-19-12-8-10-17/h16,19,23H,2-13,17H2,1H3,(H2,18,22). The maximum absolute atomic E-state index is 12.2. The van der Waals surface area contributed by atoms with Gasteiger partial charge < -0.3 is 26.8 Å². The molecular weight excluding hydrogens is 296 g/mol. The summed E-state index contributed by atoms with van der Waals surface area (Å²) < 4.78 is 0. The number of unbranched alkanes of at least 4 members (excludes halogenated alkanes) is 4. The molecule has 0 aromatic rings. The third-order valence-electron chi connectivity index (χ3n) is 3.67. The SMILES string of the molecule is CCCCCCC(=O)N(CCCCNCCCN)C(O)C(N)=O. The number of nitrogens with one attached hydrogen (secondary N) is 1. The monoisotopic (exact) mass is 330 g/mol. The van der Waals surface area contributed by atoms with E-state index in [-0.39, 0.29) is 5.91 Å². The molecule has 0 rings (SSSR count). The van der Waals surface area contributed by atoms with Crippen molar-refractivity contribution in [1.82, 2.24) is 10.2 Å². The van der Waals surface area contributed by atoms with E-state index in [9.17, 15) is 14.7 Å². The van der Waals surface area contributed by atoms with Crippen molar-refractivity contribution >= 4 is 11.8 Å². The topological polar surface area (TPSA) is 122 Å². The minimum absolute atomic E-state index is 0.205. The molecule has 0 saturated heterocycles. The van der Waals surface area contributed by atoms with Gasteiger partial charge in [0.25, 0.3) is 5.91 Å². The van der Waals surface area contributed by atoms with Crippen LogP contribution in [0.15, 0.2) is 0 Å². The van der Waals surface area contributed by atoms with Crippen molar-refractivity contribution in [2.75, 3.05) is 26.2 Å². The summed E-state index contributed by atoms with van der Waals surface area (Å²) in [6.45, 7) is 4.81. The Morgan fingerprint density at radius 3 is 2.39 bits per heavy atom. The van der Waals surface area contributed by atoms with Crippen molar-refractivity contribution in [3.63, 3.8) is 0 Å². The summed E-state index contributed by atoms with van der Waals surface area (Å²) in [6, 6.07) is 0. The van der Waals surface area contributed by atoms with Crippen LogP contribution in [0, 0.1) is 0 Å². The lowest BCUT2D eigenvalue weighted by molar-refractivity contribution is -0.151. The molecule has 0 heterocycles. The van der Waals surface area contributed by atoms with Crippen molar-refractivity contribution in [1.29, 1.82) is 0 Å². The highest BCUT2D eigenvalue weighted by molar-refractivity contribution is 5.85. The summed E-state index contributed by atoms with van der Waals surface area (Å²) in [7, 11) is 0. The molecule has 0 aliphatic carbocycles. The minimum Gasteiger partial charge on any atom is -0.366 e. The van der Waals surface area contributed by atoms with Crippen molar-refractivity contribution in [2.24, 2.45) is 11.5 Å². The van der Waals surface area contributed by atoms with E-state index in [1.165, 1.54) is 4.90 Å². The first-order valence-corrected chi connectivity index (χ1v) is 8.72. The Morgan fingerprint density at radius 2 is 1.78 bits per heavy atom. The zero-order valence-electron chi connectivity index (χ0n) is 14.4. The van der Waals surface area contributed by atoms with Crippen LogP contribution < -0.4 is 16.8 Å². The number of carbonyl (C=O) groups excluding carboxylic acids is 2. The number of nitrogens with zero attached hydrogens (tertiary/aromatic N) is 1. The predicted octanol–water partition coefficient (Wildman–Crippen LogP) is 0.308. The van der Waals surface area contributed by atoms with E-state index in [1.54, 1.807) is 0 Å². The summed E-state index contributed by atoms with van der Waals surface area (Å²) in [5, 5.41) is 13.1. The molecular formula is C16H34N4O3. The van der Waals surface area contributed by atoms with Gasteiger partial charge in [-0.1, -0.05) is 26.2 Å². The summed E-state index contributed by atoms with van der Waals surface area (Å²) in [5.41, 5.74) is 10.5. The summed E-state index contributed by atoms with van der Waals surface area (Å²) in [6.07, 6.45) is 5.25. The molecule has 0 aromatic carbocycles. The molecule has 23 heavy (non-hydrogen) atoms. The van der Waals surface area contributed by atoms with Gasteiger partial charge >= 0.3 is 0 Å². The lowest BCUT2D eigenvalue weighted by Gasteiger charge is -2.26. The number of rotatable bonds is 15. The van der Waals surface area contributed by atoms with Gasteiger partial charge in [-0.3, -0.25) is 9.59 Å². The Kier molecular flexibility index (Phi) is 13.7. The van der Waals surface area contributed by atoms with Crippen LogP contribution in [0.5, 0.6) is 0 Å². The minimum atomic E-state index is -1.53. The molecule has 1 atom stereocenters. The average Bonchev–Trinajstić information content (AvgIpc) is 2.53. The number of aliphatic hydroxyl groups is 1. The van der Waals surface area contributed by atoms with E-state index in [2.05, 4.69) is 12.2 Å². The molecule has 6 N–H and O–H groups in total. The first kappa shape index (κ1) is 21.8. The molecule has 0 aliphatic heterocycles. The van der Waals surface area contributed by atoms with Gasteiger partial charge in [0, 0.05) is 13.0 Å². The van der Waals surface area contributed by atoms with Crippen LogP contribution in [-0.4, -0.2) is 54.2 Å². The maximum atomic E-state index is 12.2. The van der Waals surface area contributed by atoms with Crippen molar-refractivity contribution in [3.05, 3.63) is 0 Å². The number of hydrogen-bond acceptors (Lipinski definition) is 5. The molecule has 7 heteroatoms. The van der Waals surface area contributed by atoms with Gasteiger partial charge in [0.1, 0.15) is 0 Å². The fourth-order valence-corrected chi connectivity index (χ4v) is 2.27. The van der Waals surface area contributed by atoms with Gasteiger partial charge in [-0.2, -0.15) is 0 Å². The van der Waals surface area contributed by atoms with E-state index < -0.39 is 12.1 Å². The zero-order chi connectivity index (χ0) is 17.5. The molecule has 0 fully saturated rings. The first-order valence-electron chi connectivity index (χ1n) is 8.72. The predicted molar refractivity (Wildman–Crippen MR) is 91.4 cm³/mol.